The highest BCUT2D eigenvalue weighted by atomic mass is 19.1. The summed E-state index contributed by atoms with van der Waals surface area (Å²) in [6, 6.07) is 12.5. The van der Waals surface area contributed by atoms with Gasteiger partial charge < -0.3 is 10.1 Å². The molecule has 2 heterocycles. The van der Waals surface area contributed by atoms with E-state index >= 15 is 0 Å². The lowest BCUT2D eigenvalue weighted by Crippen LogP contribution is -2.51. The quantitative estimate of drug-likeness (QED) is 0.305. The second-order valence-electron chi connectivity index (χ2n) is 9.69. The number of carbonyl (C=O) groups is 1. The minimum Gasteiger partial charge on any atom is -0.515 e. The van der Waals surface area contributed by atoms with E-state index in [0.29, 0.717) is 17.8 Å². The number of fused-ring (bicyclic) bond motifs is 4. The average Bonchev–Trinajstić information content (AvgIpc) is 3.34. The van der Waals surface area contributed by atoms with Crippen LogP contribution in [-0.2, 0) is 16.6 Å². The van der Waals surface area contributed by atoms with E-state index in [4.69, 9.17) is 9.97 Å². The monoisotopic (exact) mass is 468 g/mol. The Bertz CT molecular complexity index is 1510. The molecule has 1 fully saturated rings. The number of aliphatic hydroxyl groups is 1. The van der Waals surface area contributed by atoms with Crippen molar-refractivity contribution in [3.63, 3.8) is 0 Å². The highest BCUT2D eigenvalue weighted by Gasteiger charge is 2.55. The lowest BCUT2D eigenvalue weighted by molar-refractivity contribution is -0.123. The second kappa shape index (κ2) is 7.83. The number of benzene rings is 2. The van der Waals surface area contributed by atoms with Crippen molar-refractivity contribution in [2.75, 3.05) is 0 Å². The summed E-state index contributed by atoms with van der Waals surface area (Å²) in [4.78, 5) is 30.4. The Hall–Kier alpha value is -3.87. The van der Waals surface area contributed by atoms with Crippen LogP contribution in [0, 0.1) is 24.6 Å². The van der Waals surface area contributed by atoms with Gasteiger partial charge in [0.2, 0.25) is 0 Å². The number of hydrogen-bond donors (Lipinski definition) is 2. The van der Waals surface area contributed by atoms with Gasteiger partial charge in [0.15, 0.2) is 5.78 Å². The van der Waals surface area contributed by atoms with Crippen LogP contribution >= 0.6 is 0 Å². The Kier molecular flexibility index (Phi) is 4.85. The van der Waals surface area contributed by atoms with Crippen LogP contribution in [-0.4, -0.2) is 30.8 Å². The molecule has 2 aromatic heterocycles. The maximum absolute atomic E-state index is 14.0. The number of H-pyrrole nitrogens is 1. The number of Topliss-reactive ketones (excluding diaryl/α,β-unsaturated/α-hetero) is 1. The number of nitrogens with one attached hydrogen (secondary N) is 1. The second-order valence-corrected chi connectivity index (χ2v) is 9.69. The number of rotatable bonds is 2. The van der Waals surface area contributed by atoms with Crippen LogP contribution in [0.15, 0.2) is 60.6 Å². The van der Waals surface area contributed by atoms with Crippen molar-refractivity contribution in [3.05, 3.63) is 89.1 Å². The third-order valence-corrected chi connectivity index (χ3v) is 7.89. The van der Waals surface area contributed by atoms with E-state index in [1.807, 2.05) is 32.0 Å². The maximum Gasteiger partial charge on any atom is 0.165 e. The molecule has 1 saturated carbocycles. The number of aromatic nitrogens is 4. The first-order valence-corrected chi connectivity index (χ1v) is 11.9. The summed E-state index contributed by atoms with van der Waals surface area (Å²) >= 11 is 0. The maximum atomic E-state index is 14.0. The van der Waals surface area contributed by atoms with Crippen molar-refractivity contribution in [1.29, 1.82) is 0 Å². The normalized spacial score (nSPS) is 25.0. The zero-order valence-electron chi connectivity index (χ0n) is 19.5. The van der Waals surface area contributed by atoms with Crippen molar-refractivity contribution in [3.8, 4) is 11.3 Å². The predicted molar refractivity (Wildman–Crippen MR) is 130 cm³/mol. The van der Waals surface area contributed by atoms with E-state index in [1.54, 1.807) is 18.5 Å². The van der Waals surface area contributed by atoms with Crippen molar-refractivity contribution in [2.45, 2.75) is 38.5 Å². The standard InChI is InChI=1S/C28H25FN4O2/c1-15-22-9-8-21-25(17-3-10-23-24(11-17)31-14-30-23)32-16(2)33-27(21)28(22,12-18(13-34)26(15)35)19-4-6-20(29)7-5-19/h3-7,10-11,13-15,22,34H,8-9,12H2,1-2H3,(H,30,31)/b18-13-/t15-,22-,28+/m0/s1. The van der Waals surface area contributed by atoms with E-state index < -0.39 is 5.41 Å². The van der Waals surface area contributed by atoms with Gasteiger partial charge in [-0.1, -0.05) is 25.1 Å². The molecule has 0 saturated heterocycles. The number of nitrogens with zero attached hydrogens (tertiary/aromatic N) is 3. The molecule has 0 radical (unpaired) electrons. The molecule has 0 unspecified atom stereocenters. The molecule has 6 nitrogen and oxygen atoms in total. The van der Waals surface area contributed by atoms with Gasteiger partial charge in [0, 0.05) is 28.0 Å². The zero-order valence-corrected chi connectivity index (χ0v) is 19.5. The summed E-state index contributed by atoms with van der Waals surface area (Å²) in [7, 11) is 0. The molecule has 176 valence electrons. The van der Waals surface area contributed by atoms with Gasteiger partial charge in [0.1, 0.15) is 11.6 Å². The molecule has 4 aromatic rings. The summed E-state index contributed by atoms with van der Waals surface area (Å²) < 4.78 is 14.0. The van der Waals surface area contributed by atoms with Crippen molar-refractivity contribution in [2.24, 2.45) is 11.8 Å². The lowest BCUT2D eigenvalue weighted by Gasteiger charge is -2.51. The first-order valence-electron chi connectivity index (χ1n) is 11.9. The Balaban J connectivity index is 1.64. The average molecular weight is 469 g/mol. The highest BCUT2D eigenvalue weighted by molar-refractivity contribution is 5.98. The van der Waals surface area contributed by atoms with E-state index in [2.05, 4.69) is 9.97 Å². The highest BCUT2D eigenvalue weighted by Crippen LogP contribution is 2.56. The molecule has 2 aliphatic carbocycles. The molecule has 3 atom stereocenters. The molecule has 7 heteroatoms. The molecule has 0 amide bonds. The first-order chi connectivity index (χ1) is 16.9. The topological polar surface area (TPSA) is 91.8 Å². The summed E-state index contributed by atoms with van der Waals surface area (Å²) in [5.41, 5.74) is 6.14. The lowest BCUT2D eigenvalue weighted by atomic mass is 9.52. The molecule has 2 aromatic carbocycles. The summed E-state index contributed by atoms with van der Waals surface area (Å²) in [6.45, 7) is 3.81. The summed E-state index contributed by atoms with van der Waals surface area (Å²) in [5, 5.41) is 10.0. The Labute approximate surface area is 202 Å². The molecule has 0 spiro atoms. The van der Waals surface area contributed by atoms with Gasteiger partial charge in [-0.25, -0.2) is 19.3 Å². The fourth-order valence-electron chi connectivity index (χ4n) is 6.31. The van der Waals surface area contributed by atoms with Crippen molar-refractivity contribution < 1.29 is 14.3 Å². The van der Waals surface area contributed by atoms with E-state index in [9.17, 15) is 14.3 Å². The predicted octanol–water partition coefficient (Wildman–Crippen LogP) is 5.37. The Morgan fingerprint density at radius 2 is 1.97 bits per heavy atom. The van der Waals surface area contributed by atoms with Gasteiger partial charge in [-0.05, 0) is 61.9 Å². The smallest absolute Gasteiger partial charge is 0.165 e. The number of hydrogen-bond acceptors (Lipinski definition) is 5. The van der Waals surface area contributed by atoms with E-state index in [1.165, 1.54) is 12.1 Å². The first kappa shape index (κ1) is 21.6. The minimum atomic E-state index is -0.677. The number of aryl methyl sites for hydroxylation is 1. The summed E-state index contributed by atoms with van der Waals surface area (Å²) in [6.07, 6.45) is 4.42. The van der Waals surface area contributed by atoms with E-state index in [0.717, 1.165) is 58.2 Å². The fourth-order valence-corrected chi connectivity index (χ4v) is 6.31. The van der Waals surface area contributed by atoms with Crippen LogP contribution in [0.25, 0.3) is 22.3 Å². The SMILES string of the molecule is Cc1nc(-c2ccc3nc[nH]c3c2)c2c(n1)[C@@]1(c3ccc(F)cc3)C/C(=C/O)C(=O)[C@@H](C)[C@@H]1CC2. The molecule has 2 N–H and O–H groups in total. The fraction of sp³-hybridized carbons (Fsp3) is 0.286. The summed E-state index contributed by atoms with van der Waals surface area (Å²) in [5.74, 6) is -0.0589. The van der Waals surface area contributed by atoms with Gasteiger partial charge in [0.25, 0.3) is 0 Å². The van der Waals surface area contributed by atoms with Gasteiger partial charge >= 0.3 is 0 Å². The number of ketones is 1. The van der Waals surface area contributed by atoms with Crippen LogP contribution < -0.4 is 0 Å². The number of allylic oxidation sites excluding steroid dienone is 1. The largest absolute Gasteiger partial charge is 0.515 e. The number of carbonyl (C=O) groups excluding carboxylic acids is 1. The Morgan fingerprint density at radius 3 is 2.74 bits per heavy atom. The number of halogens is 1. The minimum absolute atomic E-state index is 0.0330. The molecular formula is C28H25FN4O2. The molecule has 6 rings (SSSR count). The third-order valence-electron chi connectivity index (χ3n) is 7.89. The van der Waals surface area contributed by atoms with Crippen LogP contribution in [0.2, 0.25) is 0 Å². The molecular weight excluding hydrogens is 443 g/mol. The van der Waals surface area contributed by atoms with Gasteiger partial charge in [-0.15, -0.1) is 0 Å². The number of aliphatic hydroxyl groups excluding tert-OH is 1. The molecule has 0 bridgehead atoms. The van der Waals surface area contributed by atoms with Gasteiger partial charge in [-0.2, -0.15) is 0 Å². The molecule has 0 aliphatic heterocycles. The van der Waals surface area contributed by atoms with Crippen molar-refractivity contribution in [1.82, 2.24) is 19.9 Å². The number of aromatic amines is 1. The van der Waals surface area contributed by atoms with Gasteiger partial charge in [0.05, 0.1) is 35.0 Å². The molecule has 35 heavy (non-hydrogen) atoms. The zero-order chi connectivity index (χ0) is 24.3. The molecule has 2 aliphatic rings. The number of imidazole rings is 1. The van der Waals surface area contributed by atoms with Crippen LogP contribution in [0.4, 0.5) is 4.39 Å². The van der Waals surface area contributed by atoms with E-state index in [-0.39, 0.29) is 23.4 Å². The van der Waals surface area contributed by atoms with Crippen LogP contribution in [0.1, 0.15) is 42.4 Å². The van der Waals surface area contributed by atoms with Crippen LogP contribution in [0.5, 0.6) is 0 Å². The Morgan fingerprint density at radius 1 is 1.17 bits per heavy atom. The van der Waals surface area contributed by atoms with Crippen molar-refractivity contribution >= 4 is 16.8 Å². The third kappa shape index (κ3) is 3.14. The van der Waals surface area contributed by atoms with Crippen LogP contribution in [0.3, 0.4) is 0 Å². The van der Waals surface area contributed by atoms with Gasteiger partial charge in [-0.3, -0.25) is 4.79 Å².